The summed E-state index contributed by atoms with van der Waals surface area (Å²) in [5.74, 6) is 1.03. The van der Waals surface area contributed by atoms with Crippen LogP contribution in [0.2, 0.25) is 0 Å². The first-order chi connectivity index (χ1) is 22.0. The Morgan fingerprint density at radius 2 is 1.80 bits per heavy atom. The molecule has 2 amide bonds. The van der Waals surface area contributed by atoms with Crippen molar-refractivity contribution in [1.82, 2.24) is 4.90 Å². The minimum atomic E-state index is -0.923. The quantitative estimate of drug-likeness (QED) is 0.302. The molecule has 6 rings (SSSR count). The highest BCUT2D eigenvalue weighted by Gasteiger charge is 2.33. The summed E-state index contributed by atoms with van der Waals surface area (Å²) in [6, 6.07) is 22.6. The van der Waals surface area contributed by atoms with Crippen LogP contribution in [-0.4, -0.2) is 81.2 Å². The fraction of sp³-hybridized carbons (Fsp3) is 0.444. The molecule has 1 N–H and O–H groups in total. The van der Waals surface area contributed by atoms with Crippen molar-refractivity contribution in [2.45, 2.75) is 50.7 Å². The van der Waals surface area contributed by atoms with Crippen molar-refractivity contribution < 1.29 is 28.9 Å². The van der Waals surface area contributed by atoms with Gasteiger partial charge in [-0.15, -0.1) is 0 Å². The summed E-state index contributed by atoms with van der Waals surface area (Å²) < 4.78 is 17.6. The summed E-state index contributed by atoms with van der Waals surface area (Å²) in [7, 11) is 1.72. The zero-order chi connectivity index (χ0) is 31.2. The van der Waals surface area contributed by atoms with Crippen molar-refractivity contribution in [2.24, 2.45) is 0 Å². The van der Waals surface area contributed by atoms with Gasteiger partial charge in [0.15, 0.2) is 0 Å². The second-order valence-electron chi connectivity index (χ2n) is 12.2. The molecule has 0 saturated carbocycles. The number of rotatable bonds is 10. The van der Waals surface area contributed by atoms with E-state index in [1.165, 1.54) is 10.5 Å². The third-order valence-corrected chi connectivity index (χ3v) is 9.23. The number of para-hydroxylation sites is 1. The lowest BCUT2D eigenvalue weighted by Gasteiger charge is -2.37. The molecule has 3 aromatic rings. The Hall–Kier alpha value is -4.08. The largest absolute Gasteiger partial charge is 0.490 e. The number of aryl methyl sites for hydroxylation is 1. The molecule has 3 aliphatic heterocycles. The van der Waals surface area contributed by atoms with Gasteiger partial charge in [-0.25, -0.2) is 4.79 Å². The van der Waals surface area contributed by atoms with Gasteiger partial charge in [0.2, 0.25) is 5.91 Å². The van der Waals surface area contributed by atoms with Crippen LogP contribution in [0.5, 0.6) is 5.75 Å². The predicted molar refractivity (Wildman–Crippen MR) is 173 cm³/mol. The molecular formula is C36H43N3O6. The van der Waals surface area contributed by atoms with E-state index in [0.717, 1.165) is 72.7 Å². The van der Waals surface area contributed by atoms with E-state index in [1.807, 2.05) is 47.4 Å². The number of anilines is 2. The minimum Gasteiger partial charge on any atom is -0.490 e. The van der Waals surface area contributed by atoms with Gasteiger partial charge in [0.25, 0.3) is 0 Å². The standard InChI is InChI=1S/C36H43N3O6/c1-43-20-5-16-37-19-21-44-33-14-11-27(22-32(33)37)25-45-34-24-38(36(41)42)18-15-30(34)28-12-9-26(10-13-28)23-35(40)39-17-4-7-29-6-2-3-8-31(29)39/h2-3,6,8-14,22,30,34H,4-5,7,15-21,23-25H2,1H3,(H,41,42). The van der Waals surface area contributed by atoms with Gasteiger partial charge in [-0.05, 0) is 66.1 Å². The van der Waals surface area contributed by atoms with Gasteiger partial charge in [-0.2, -0.15) is 0 Å². The molecule has 1 fully saturated rings. The molecule has 1 saturated heterocycles. The fourth-order valence-electron chi connectivity index (χ4n) is 6.83. The van der Waals surface area contributed by atoms with E-state index in [-0.39, 0.29) is 17.9 Å². The second-order valence-corrected chi connectivity index (χ2v) is 12.2. The van der Waals surface area contributed by atoms with Crippen LogP contribution >= 0.6 is 0 Å². The highest BCUT2D eigenvalue weighted by molar-refractivity contribution is 5.95. The lowest BCUT2D eigenvalue weighted by atomic mass is 9.86. The van der Waals surface area contributed by atoms with Crippen molar-refractivity contribution in [3.63, 3.8) is 0 Å². The molecule has 9 heteroatoms. The van der Waals surface area contributed by atoms with Crippen LogP contribution in [0, 0.1) is 0 Å². The molecule has 2 atom stereocenters. The first-order valence-electron chi connectivity index (χ1n) is 16.1. The molecule has 3 aliphatic rings. The van der Waals surface area contributed by atoms with Crippen LogP contribution in [0.1, 0.15) is 47.4 Å². The van der Waals surface area contributed by atoms with Crippen molar-refractivity contribution >= 4 is 23.4 Å². The molecule has 0 bridgehead atoms. The molecule has 2 unspecified atom stereocenters. The number of carboxylic acid groups (broad SMARTS) is 1. The summed E-state index contributed by atoms with van der Waals surface area (Å²) in [5.41, 5.74) is 6.42. The number of hydrogen-bond acceptors (Lipinski definition) is 6. The first-order valence-corrected chi connectivity index (χ1v) is 16.1. The number of nitrogens with zero attached hydrogens (tertiary/aromatic N) is 3. The number of carbonyl (C=O) groups is 2. The number of likely N-dealkylation sites (tertiary alicyclic amines) is 1. The van der Waals surface area contributed by atoms with Gasteiger partial charge >= 0.3 is 6.09 Å². The molecule has 0 spiro atoms. The van der Waals surface area contributed by atoms with Crippen LogP contribution in [0.4, 0.5) is 16.2 Å². The number of benzene rings is 3. The maximum absolute atomic E-state index is 13.3. The maximum atomic E-state index is 13.3. The van der Waals surface area contributed by atoms with Gasteiger partial charge in [0.05, 0.1) is 37.9 Å². The van der Waals surface area contributed by atoms with Gasteiger partial charge in [0, 0.05) is 45.0 Å². The fourth-order valence-corrected chi connectivity index (χ4v) is 6.83. The Morgan fingerprint density at radius 3 is 2.62 bits per heavy atom. The van der Waals surface area contributed by atoms with E-state index in [0.29, 0.717) is 45.8 Å². The van der Waals surface area contributed by atoms with Crippen LogP contribution in [0.15, 0.2) is 66.7 Å². The number of ether oxygens (including phenoxy) is 3. The highest BCUT2D eigenvalue weighted by Crippen LogP contribution is 2.35. The SMILES string of the molecule is COCCCN1CCOc2ccc(COC3CN(C(=O)O)CCC3c3ccc(CC(=O)N4CCCc5ccccc54)cc3)cc21. The Balaban J connectivity index is 1.13. The summed E-state index contributed by atoms with van der Waals surface area (Å²) in [4.78, 5) is 30.9. The number of carbonyl (C=O) groups excluding carboxylic acids is 1. The normalized spacial score (nSPS) is 19.4. The third kappa shape index (κ3) is 7.26. The number of fused-ring (bicyclic) bond motifs is 2. The van der Waals surface area contributed by atoms with Gasteiger partial charge in [-0.1, -0.05) is 48.5 Å². The van der Waals surface area contributed by atoms with Crippen molar-refractivity contribution in [3.05, 3.63) is 89.0 Å². The molecule has 0 radical (unpaired) electrons. The van der Waals surface area contributed by atoms with Crippen LogP contribution in [-0.2, 0) is 33.7 Å². The topological polar surface area (TPSA) is 91.8 Å². The predicted octanol–water partition coefficient (Wildman–Crippen LogP) is 5.50. The van der Waals surface area contributed by atoms with Crippen LogP contribution < -0.4 is 14.5 Å². The zero-order valence-corrected chi connectivity index (χ0v) is 26.0. The molecule has 9 nitrogen and oxygen atoms in total. The number of piperidine rings is 1. The summed E-state index contributed by atoms with van der Waals surface area (Å²) in [6.07, 6.45) is 2.72. The molecule has 3 heterocycles. The van der Waals surface area contributed by atoms with Gasteiger partial charge < -0.3 is 34.0 Å². The van der Waals surface area contributed by atoms with Crippen molar-refractivity contribution in [1.29, 1.82) is 0 Å². The molecular weight excluding hydrogens is 570 g/mol. The third-order valence-electron chi connectivity index (χ3n) is 9.23. The van der Waals surface area contributed by atoms with Crippen molar-refractivity contribution in [3.8, 4) is 5.75 Å². The summed E-state index contributed by atoms with van der Waals surface area (Å²) >= 11 is 0. The zero-order valence-electron chi connectivity index (χ0n) is 26.0. The molecule has 0 aliphatic carbocycles. The maximum Gasteiger partial charge on any atom is 0.407 e. The van der Waals surface area contributed by atoms with E-state index in [2.05, 4.69) is 29.2 Å². The van der Waals surface area contributed by atoms with E-state index in [4.69, 9.17) is 14.2 Å². The van der Waals surface area contributed by atoms with Crippen LogP contribution in [0.3, 0.4) is 0 Å². The van der Waals surface area contributed by atoms with E-state index < -0.39 is 6.09 Å². The number of hydrogen-bond donors (Lipinski definition) is 1. The summed E-state index contributed by atoms with van der Waals surface area (Å²) in [6.45, 7) is 4.97. The molecule has 45 heavy (non-hydrogen) atoms. The van der Waals surface area contributed by atoms with E-state index >= 15 is 0 Å². The number of amides is 2. The average molecular weight is 614 g/mol. The van der Waals surface area contributed by atoms with E-state index in [1.54, 1.807) is 7.11 Å². The average Bonchev–Trinajstić information content (AvgIpc) is 3.07. The lowest BCUT2D eigenvalue weighted by Crippen LogP contribution is -2.46. The monoisotopic (exact) mass is 613 g/mol. The van der Waals surface area contributed by atoms with Crippen LogP contribution in [0.25, 0.3) is 0 Å². The number of methoxy groups -OCH3 is 1. The molecule has 0 aromatic heterocycles. The van der Waals surface area contributed by atoms with Crippen molar-refractivity contribution in [2.75, 3.05) is 62.8 Å². The second kappa shape index (κ2) is 14.3. The van der Waals surface area contributed by atoms with Gasteiger partial charge in [-0.3, -0.25) is 4.79 Å². The Kier molecular flexibility index (Phi) is 9.86. The Morgan fingerprint density at radius 1 is 0.978 bits per heavy atom. The smallest absolute Gasteiger partial charge is 0.407 e. The minimum absolute atomic E-state index is 0.0471. The highest BCUT2D eigenvalue weighted by atomic mass is 16.5. The summed E-state index contributed by atoms with van der Waals surface area (Å²) in [5, 5.41) is 9.74. The lowest BCUT2D eigenvalue weighted by molar-refractivity contribution is -0.118. The van der Waals surface area contributed by atoms with E-state index in [9.17, 15) is 14.7 Å². The molecule has 238 valence electrons. The first kappa shape index (κ1) is 30.9. The Labute approximate surface area is 265 Å². The van der Waals surface area contributed by atoms with Gasteiger partial charge in [0.1, 0.15) is 12.4 Å². The molecule has 3 aromatic carbocycles. The Bertz CT molecular complexity index is 1480.